The van der Waals surface area contributed by atoms with Crippen molar-refractivity contribution < 1.29 is 5.11 Å². The highest BCUT2D eigenvalue weighted by atomic mass is 79.9. The van der Waals surface area contributed by atoms with Crippen molar-refractivity contribution in [1.29, 1.82) is 0 Å². The second-order valence-electron chi connectivity index (χ2n) is 3.74. The van der Waals surface area contributed by atoms with E-state index in [0.717, 1.165) is 9.61 Å². The van der Waals surface area contributed by atoms with Gasteiger partial charge in [-0.25, -0.2) is 4.98 Å². The van der Waals surface area contributed by atoms with Crippen LogP contribution in [0.25, 0.3) is 0 Å². The number of halogens is 1. The molecule has 1 rings (SSSR count). The molecule has 0 aliphatic heterocycles. The fourth-order valence-corrected chi connectivity index (χ4v) is 2.57. The SMILES string of the molecule is C=CC[C@@H](O)C(C)(C)c1nc(Br)cs1. The zero-order valence-corrected chi connectivity index (χ0v) is 10.7. The van der Waals surface area contributed by atoms with Gasteiger partial charge in [0.1, 0.15) is 9.61 Å². The summed E-state index contributed by atoms with van der Waals surface area (Å²) in [5.41, 5.74) is -0.315. The monoisotopic (exact) mass is 275 g/mol. The number of aliphatic hydroxyl groups is 1. The molecule has 1 heterocycles. The van der Waals surface area contributed by atoms with E-state index in [1.54, 1.807) is 17.4 Å². The molecule has 1 aromatic rings. The predicted octanol–water partition coefficient (Wildman–Crippen LogP) is 3.12. The molecular weight excluding hydrogens is 262 g/mol. The largest absolute Gasteiger partial charge is 0.392 e. The maximum Gasteiger partial charge on any atom is 0.117 e. The maximum absolute atomic E-state index is 9.92. The van der Waals surface area contributed by atoms with Gasteiger partial charge in [-0.2, -0.15) is 0 Å². The Labute approximate surface area is 96.8 Å². The first kappa shape index (κ1) is 11.9. The molecule has 1 N–H and O–H groups in total. The molecule has 0 aromatic carbocycles. The van der Waals surface area contributed by atoms with Crippen LogP contribution in [0.1, 0.15) is 25.3 Å². The van der Waals surface area contributed by atoms with Crippen LogP contribution in [-0.4, -0.2) is 16.2 Å². The van der Waals surface area contributed by atoms with E-state index in [4.69, 9.17) is 0 Å². The maximum atomic E-state index is 9.92. The molecule has 0 saturated heterocycles. The van der Waals surface area contributed by atoms with Crippen molar-refractivity contribution in [2.45, 2.75) is 31.8 Å². The van der Waals surface area contributed by atoms with Gasteiger partial charge in [-0.05, 0) is 22.4 Å². The first-order chi connectivity index (χ1) is 6.48. The first-order valence-corrected chi connectivity index (χ1v) is 6.06. The Morgan fingerprint density at radius 3 is 2.86 bits per heavy atom. The second kappa shape index (κ2) is 4.55. The molecule has 1 atom stereocenters. The standard InChI is InChI=1S/C10H14BrNOS/c1-4-5-7(13)10(2,3)9-12-8(11)6-14-9/h4,6-7,13H,1,5H2,2-3H3/t7-/m1/s1. The molecule has 78 valence electrons. The molecule has 0 radical (unpaired) electrons. The average molecular weight is 276 g/mol. The first-order valence-electron chi connectivity index (χ1n) is 4.39. The molecule has 2 nitrogen and oxygen atoms in total. The van der Waals surface area contributed by atoms with E-state index in [-0.39, 0.29) is 5.41 Å². The Balaban J connectivity index is 2.88. The highest BCUT2D eigenvalue weighted by Crippen LogP contribution is 2.32. The van der Waals surface area contributed by atoms with Crippen LogP contribution in [0, 0.1) is 0 Å². The number of aromatic nitrogens is 1. The van der Waals surface area contributed by atoms with Crippen molar-refractivity contribution in [3.63, 3.8) is 0 Å². The zero-order chi connectivity index (χ0) is 10.8. The van der Waals surface area contributed by atoms with Gasteiger partial charge in [0.25, 0.3) is 0 Å². The van der Waals surface area contributed by atoms with Crippen LogP contribution in [0.3, 0.4) is 0 Å². The van der Waals surface area contributed by atoms with Gasteiger partial charge in [0, 0.05) is 10.8 Å². The summed E-state index contributed by atoms with van der Waals surface area (Å²) in [5.74, 6) is 0. The van der Waals surface area contributed by atoms with Crippen molar-refractivity contribution in [3.05, 3.63) is 27.6 Å². The summed E-state index contributed by atoms with van der Waals surface area (Å²) in [6, 6.07) is 0. The lowest BCUT2D eigenvalue weighted by Gasteiger charge is -2.27. The van der Waals surface area contributed by atoms with Crippen LogP contribution in [0.4, 0.5) is 0 Å². The van der Waals surface area contributed by atoms with E-state index in [0.29, 0.717) is 6.42 Å². The summed E-state index contributed by atoms with van der Waals surface area (Å²) in [6.45, 7) is 7.61. The number of thiazole rings is 1. The molecular formula is C10H14BrNOS. The minimum atomic E-state index is -0.432. The van der Waals surface area contributed by atoms with E-state index < -0.39 is 6.10 Å². The van der Waals surface area contributed by atoms with E-state index in [2.05, 4.69) is 27.5 Å². The van der Waals surface area contributed by atoms with Crippen LogP contribution in [0.2, 0.25) is 0 Å². The summed E-state index contributed by atoms with van der Waals surface area (Å²) in [4.78, 5) is 4.33. The average Bonchev–Trinajstić information content (AvgIpc) is 2.52. The van der Waals surface area contributed by atoms with Gasteiger partial charge >= 0.3 is 0 Å². The second-order valence-corrected chi connectivity index (χ2v) is 5.41. The number of rotatable bonds is 4. The van der Waals surface area contributed by atoms with E-state index in [9.17, 15) is 5.11 Å². The van der Waals surface area contributed by atoms with E-state index in [1.807, 2.05) is 19.2 Å². The van der Waals surface area contributed by atoms with Crippen LogP contribution >= 0.6 is 27.3 Å². The number of hydrogen-bond acceptors (Lipinski definition) is 3. The van der Waals surface area contributed by atoms with Crippen molar-refractivity contribution in [3.8, 4) is 0 Å². The summed E-state index contributed by atoms with van der Waals surface area (Å²) in [6.07, 6.45) is 1.89. The minimum Gasteiger partial charge on any atom is -0.392 e. The molecule has 0 unspecified atom stereocenters. The van der Waals surface area contributed by atoms with Gasteiger partial charge in [-0.3, -0.25) is 0 Å². The van der Waals surface area contributed by atoms with Crippen LogP contribution in [-0.2, 0) is 5.41 Å². The Bertz CT molecular complexity index is 322. The third kappa shape index (κ3) is 2.43. The van der Waals surface area contributed by atoms with Crippen LogP contribution in [0.15, 0.2) is 22.6 Å². The Kier molecular flexibility index (Phi) is 3.86. The number of nitrogens with zero attached hydrogens (tertiary/aromatic N) is 1. The molecule has 0 spiro atoms. The lowest BCUT2D eigenvalue weighted by Crippen LogP contribution is -2.33. The smallest absolute Gasteiger partial charge is 0.117 e. The molecule has 1 aromatic heterocycles. The Hall–Kier alpha value is -0.190. The molecule has 4 heteroatoms. The topological polar surface area (TPSA) is 33.1 Å². The van der Waals surface area contributed by atoms with E-state index >= 15 is 0 Å². The molecule has 0 aliphatic rings. The van der Waals surface area contributed by atoms with Gasteiger partial charge in [-0.15, -0.1) is 17.9 Å². The Morgan fingerprint density at radius 2 is 2.43 bits per heavy atom. The van der Waals surface area contributed by atoms with Crippen molar-refractivity contribution in [2.24, 2.45) is 0 Å². The van der Waals surface area contributed by atoms with Crippen LogP contribution in [0.5, 0.6) is 0 Å². The molecule has 0 fully saturated rings. The summed E-state index contributed by atoms with van der Waals surface area (Å²) >= 11 is 4.87. The molecule has 0 bridgehead atoms. The molecule has 14 heavy (non-hydrogen) atoms. The van der Waals surface area contributed by atoms with Crippen molar-refractivity contribution >= 4 is 27.3 Å². The summed E-state index contributed by atoms with van der Waals surface area (Å²) < 4.78 is 0.830. The third-order valence-electron chi connectivity index (χ3n) is 2.25. The van der Waals surface area contributed by atoms with E-state index in [1.165, 1.54) is 0 Å². The molecule has 0 saturated carbocycles. The number of aliphatic hydroxyl groups excluding tert-OH is 1. The minimum absolute atomic E-state index is 0.315. The molecule has 0 amide bonds. The third-order valence-corrected chi connectivity index (χ3v) is 4.14. The molecule has 0 aliphatic carbocycles. The van der Waals surface area contributed by atoms with Crippen LogP contribution < -0.4 is 0 Å². The fraction of sp³-hybridized carbons (Fsp3) is 0.500. The van der Waals surface area contributed by atoms with Gasteiger partial charge in [0.05, 0.1) is 6.10 Å². The van der Waals surface area contributed by atoms with Gasteiger partial charge in [0.15, 0.2) is 0 Å². The fourth-order valence-electron chi connectivity index (χ4n) is 1.15. The van der Waals surface area contributed by atoms with Gasteiger partial charge in [-0.1, -0.05) is 19.9 Å². The lowest BCUT2D eigenvalue weighted by molar-refractivity contribution is 0.102. The van der Waals surface area contributed by atoms with Crippen molar-refractivity contribution in [1.82, 2.24) is 4.98 Å². The highest BCUT2D eigenvalue weighted by molar-refractivity contribution is 9.10. The summed E-state index contributed by atoms with van der Waals surface area (Å²) in [7, 11) is 0. The van der Waals surface area contributed by atoms with Crippen molar-refractivity contribution in [2.75, 3.05) is 0 Å². The Morgan fingerprint density at radius 1 is 1.79 bits per heavy atom. The zero-order valence-electron chi connectivity index (χ0n) is 8.33. The number of hydrogen-bond donors (Lipinski definition) is 1. The van der Waals surface area contributed by atoms with Gasteiger partial charge in [0.2, 0.25) is 0 Å². The van der Waals surface area contributed by atoms with Gasteiger partial charge < -0.3 is 5.11 Å². The normalized spacial score (nSPS) is 14.0. The highest BCUT2D eigenvalue weighted by Gasteiger charge is 2.31. The lowest BCUT2D eigenvalue weighted by atomic mass is 9.85. The quantitative estimate of drug-likeness (QED) is 0.857. The summed E-state index contributed by atoms with van der Waals surface area (Å²) in [5, 5.41) is 12.8. The predicted molar refractivity (Wildman–Crippen MR) is 63.7 cm³/mol.